The Bertz CT molecular complexity index is 1490. The van der Waals surface area contributed by atoms with Crippen molar-refractivity contribution in [3.8, 4) is 6.07 Å². The van der Waals surface area contributed by atoms with Crippen LogP contribution in [0.5, 0.6) is 0 Å². The van der Waals surface area contributed by atoms with Gasteiger partial charge in [-0.1, -0.05) is 6.07 Å². The number of carbonyl (C=O) groups excluding carboxylic acids is 2. The molecule has 0 fully saturated rings. The van der Waals surface area contributed by atoms with Crippen molar-refractivity contribution < 1.29 is 14.3 Å². The average molecular weight is 495 g/mol. The molecule has 0 unspecified atom stereocenters. The monoisotopic (exact) mass is 494 g/mol. The Morgan fingerprint density at radius 3 is 2.76 bits per heavy atom. The molecule has 1 N–H and O–H groups in total. The highest BCUT2D eigenvalue weighted by molar-refractivity contribution is 6.07. The van der Waals surface area contributed by atoms with E-state index in [0.717, 1.165) is 47.5 Å². The molecule has 0 saturated heterocycles. The average Bonchev–Trinajstić information content (AvgIpc) is 3.31. The fourth-order valence-corrected chi connectivity index (χ4v) is 4.66. The van der Waals surface area contributed by atoms with Crippen LogP contribution in [0.1, 0.15) is 40.2 Å². The van der Waals surface area contributed by atoms with Crippen molar-refractivity contribution in [2.75, 3.05) is 23.9 Å². The van der Waals surface area contributed by atoms with Crippen molar-refractivity contribution in [2.45, 2.75) is 32.4 Å². The van der Waals surface area contributed by atoms with E-state index in [2.05, 4.69) is 20.9 Å². The highest BCUT2D eigenvalue weighted by Crippen LogP contribution is 2.29. The smallest absolute Gasteiger partial charge is 0.307 e. The summed E-state index contributed by atoms with van der Waals surface area (Å²) in [4.78, 5) is 36.2. The van der Waals surface area contributed by atoms with Gasteiger partial charge in [0, 0.05) is 30.5 Å². The zero-order valence-corrected chi connectivity index (χ0v) is 20.5. The third-order valence-electron chi connectivity index (χ3n) is 6.48. The van der Waals surface area contributed by atoms with Gasteiger partial charge in [0.15, 0.2) is 0 Å². The molecule has 0 atom stereocenters. The second-order valence-corrected chi connectivity index (χ2v) is 8.80. The second-order valence-electron chi connectivity index (χ2n) is 8.80. The third kappa shape index (κ3) is 5.00. The minimum absolute atomic E-state index is 0.0632. The largest absolute Gasteiger partial charge is 0.469 e. The minimum Gasteiger partial charge on any atom is -0.469 e. The molecule has 1 aliphatic heterocycles. The van der Waals surface area contributed by atoms with Crippen LogP contribution >= 0.6 is 0 Å². The molecular weight excluding hydrogens is 468 g/mol. The number of carbonyl (C=O) groups is 2. The van der Waals surface area contributed by atoms with Crippen molar-refractivity contribution in [1.29, 1.82) is 5.26 Å². The van der Waals surface area contributed by atoms with Gasteiger partial charge in [0.25, 0.3) is 5.91 Å². The summed E-state index contributed by atoms with van der Waals surface area (Å²) in [6, 6.07) is 18.5. The number of hydrogen-bond acceptors (Lipinski definition) is 7. The Morgan fingerprint density at radius 1 is 1.19 bits per heavy atom. The Hall–Kier alpha value is -4.71. The number of benzene rings is 2. The maximum atomic E-state index is 13.7. The zero-order valence-electron chi connectivity index (χ0n) is 20.5. The lowest BCUT2D eigenvalue weighted by Crippen LogP contribution is -2.34. The highest BCUT2D eigenvalue weighted by atomic mass is 16.5. The summed E-state index contributed by atoms with van der Waals surface area (Å²) in [5.74, 6) is 0.732. The summed E-state index contributed by atoms with van der Waals surface area (Å²) in [5.41, 5.74) is 4.93. The van der Waals surface area contributed by atoms with E-state index in [0.29, 0.717) is 23.5 Å². The van der Waals surface area contributed by atoms with Crippen molar-refractivity contribution in [3.63, 3.8) is 0 Å². The number of pyridine rings is 1. The normalized spacial score (nSPS) is 12.1. The summed E-state index contributed by atoms with van der Waals surface area (Å²) in [5, 5.41) is 12.4. The van der Waals surface area contributed by atoms with Crippen LogP contribution in [0.4, 0.5) is 11.5 Å². The molecule has 0 saturated carbocycles. The number of ether oxygens (including phenoxy) is 1. The van der Waals surface area contributed by atoms with Gasteiger partial charge in [0.2, 0.25) is 0 Å². The van der Waals surface area contributed by atoms with E-state index >= 15 is 0 Å². The number of nitrogens with one attached hydrogen (secondary N) is 1. The topological polar surface area (TPSA) is 113 Å². The van der Waals surface area contributed by atoms with Gasteiger partial charge >= 0.3 is 5.97 Å². The fraction of sp³-hybridized carbons (Fsp3) is 0.250. The first-order chi connectivity index (χ1) is 18.1. The number of hydrogen-bond donors (Lipinski definition) is 1. The van der Waals surface area contributed by atoms with Gasteiger partial charge in [0.1, 0.15) is 11.6 Å². The van der Waals surface area contributed by atoms with E-state index in [1.54, 1.807) is 30.5 Å². The number of nitrogens with zero attached hydrogens (tertiary/aromatic N) is 5. The number of aryl methyl sites for hydroxylation is 2. The van der Waals surface area contributed by atoms with Gasteiger partial charge in [-0.3, -0.25) is 14.5 Å². The molecule has 5 rings (SSSR count). The predicted octanol–water partition coefficient (Wildman–Crippen LogP) is 4.07. The maximum Gasteiger partial charge on any atom is 0.307 e. The van der Waals surface area contributed by atoms with Crippen molar-refractivity contribution in [1.82, 2.24) is 14.5 Å². The van der Waals surface area contributed by atoms with Gasteiger partial charge < -0.3 is 14.6 Å². The Morgan fingerprint density at radius 2 is 2.03 bits per heavy atom. The van der Waals surface area contributed by atoms with Crippen molar-refractivity contribution in [3.05, 3.63) is 83.3 Å². The lowest BCUT2D eigenvalue weighted by atomic mass is 10.0. The molecule has 3 heterocycles. The van der Waals surface area contributed by atoms with Crippen molar-refractivity contribution >= 4 is 34.4 Å². The number of nitriles is 1. The number of methoxy groups -OCH3 is 1. The molecule has 186 valence electrons. The molecule has 0 bridgehead atoms. The van der Waals surface area contributed by atoms with Gasteiger partial charge in [0.05, 0.1) is 42.7 Å². The number of amides is 1. The molecule has 0 aliphatic carbocycles. The first kappa shape index (κ1) is 24.0. The van der Waals surface area contributed by atoms with Crippen LogP contribution in [0.3, 0.4) is 0 Å². The molecule has 1 amide bonds. The molecule has 4 aromatic rings. The summed E-state index contributed by atoms with van der Waals surface area (Å²) in [6.45, 7) is 1.53. The number of imidazole rings is 1. The standard InChI is InChI=1S/C28H26N6O3/c1-37-26(35)11-14-34(24-6-2-3-12-30-24)28(36)21-15-20-5-4-13-33-25(32-23(16-21)27(20)33)18-31-22-9-7-19(17-29)8-10-22/h2-3,6-10,12,15-16,31H,4-5,11,13-14,18H2,1H3. The molecule has 2 aromatic carbocycles. The van der Waals surface area contributed by atoms with Gasteiger partial charge in [-0.2, -0.15) is 5.26 Å². The van der Waals surface area contributed by atoms with Gasteiger partial charge in [-0.15, -0.1) is 0 Å². The Kier molecular flexibility index (Phi) is 6.81. The van der Waals surface area contributed by atoms with Crippen LogP contribution in [-0.2, 0) is 29.0 Å². The first-order valence-electron chi connectivity index (χ1n) is 12.1. The first-order valence-corrected chi connectivity index (χ1v) is 12.1. The van der Waals surface area contributed by atoms with Crippen LogP contribution < -0.4 is 10.2 Å². The molecule has 37 heavy (non-hydrogen) atoms. The summed E-state index contributed by atoms with van der Waals surface area (Å²) < 4.78 is 6.99. The van der Waals surface area contributed by atoms with Crippen LogP contribution in [0.15, 0.2) is 60.8 Å². The third-order valence-corrected chi connectivity index (χ3v) is 6.48. The van der Waals surface area contributed by atoms with E-state index in [4.69, 9.17) is 15.0 Å². The van der Waals surface area contributed by atoms with Crippen LogP contribution in [0.25, 0.3) is 11.0 Å². The molecule has 1 aliphatic rings. The number of esters is 1. The van der Waals surface area contributed by atoms with E-state index in [-0.39, 0.29) is 18.9 Å². The Labute approximate surface area is 214 Å². The molecular formula is C28H26N6O3. The summed E-state index contributed by atoms with van der Waals surface area (Å²) in [7, 11) is 1.33. The quantitative estimate of drug-likeness (QED) is 0.367. The van der Waals surface area contributed by atoms with Crippen LogP contribution in [-0.4, -0.2) is 40.1 Å². The minimum atomic E-state index is -0.391. The van der Waals surface area contributed by atoms with Gasteiger partial charge in [-0.05, 0) is 66.9 Å². The Balaban J connectivity index is 1.45. The highest BCUT2D eigenvalue weighted by Gasteiger charge is 2.24. The molecule has 9 nitrogen and oxygen atoms in total. The fourth-order valence-electron chi connectivity index (χ4n) is 4.66. The van der Waals surface area contributed by atoms with E-state index in [1.165, 1.54) is 12.0 Å². The maximum absolute atomic E-state index is 13.7. The molecule has 9 heteroatoms. The molecule has 0 radical (unpaired) electrons. The molecule has 0 spiro atoms. The van der Waals surface area contributed by atoms with E-state index in [1.807, 2.05) is 30.3 Å². The van der Waals surface area contributed by atoms with Crippen LogP contribution in [0.2, 0.25) is 0 Å². The SMILES string of the molecule is COC(=O)CCN(C(=O)c1cc2c3c(c1)nc(CNc1ccc(C#N)cc1)n3CCC2)c1ccccn1. The van der Waals surface area contributed by atoms with Gasteiger partial charge in [-0.25, -0.2) is 9.97 Å². The number of aromatic nitrogens is 3. The second kappa shape index (κ2) is 10.5. The summed E-state index contributed by atoms with van der Waals surface area (Å²) >= 11 is 0. The molecule has 2 aromatic heterocycles. The lowest BCUT2D eigenvalue weighted by molar-refractivity contribution is -0.140. The van der Waals surface area contributed by atoms with Crippen LogP contribution in [0, 0.1) is 11.3 Å². The van der Waals surface area contributed by atoms with Crippen molar-refractivity contribution in [2.24, 2.45) is 0 Å². The number of anilines is 2. The number of rotatable bonds is 8. The predicted molar refractivity (Wildman–Crippen MR) is 139 cm³/mol. The summed E-state index contributed by atoms with van der Waals surface area (Å²) in [6.07, 6.45) is 3.49. The lowest BCUT2D eigenvalue weighted by Gasteiger charge is -2.22. The van der Waals surface area contributed by atoms with E-state index < -0.39 is 5.97 Å². The van der Waals surface area contributed by atoms with E-state index in [9.17, 15) is 9.59 Å². The zero-order chi connectivity index (χ0) is 25.8.